The summed E-state index contributed by atoms with van der Waals surface area (Å²) in [5, 5.41) is 81.4. The number of aliphatic carboxylic acids is 2. The van der Waals surface area contributed by atoms with E-state index in [1.807, 2.05) is 0 Å². The van der Waals surface area contributed by atoms with Crippen molar-refractivity contribution in [1.29, 1.82) is 16.2 Å². The fraction of sp³-hybridized carbons (Fsp3) is 0.706. The molecule has 0 spiro atoms. The fourth-order valence-corrected chi connectivity index (χ4v) is 8.08. The number of primary amides is 1. The Labute approximate surface area is 499 Å². The lowest BCUT2D eigenvalue weighted by Crippen LogP contribution is -2.61. The summed E-state index contributed by atoms with van der Waals surface area (Å²) in [6, 6.07) is -13.7. The van der Waals surface area contributed by atoms with Gasteiger partial charge >= 0.3 is 11.9 Å². The molecule has 10 amide bonds. The van der Waals surface area contributed by atoms with Crippen LogP contribution in [0.15, 0.2) is 0 Å². The number of hydrogen-bond donors (Lipinski definition) is 23. The van der Waals surface area contributed by atoms with Crippen molar-refractivity contribution in [3.8, 4) is 0 Å². The monoisotopic (exact) mass is 1230 g/mol. The minimum absolute atomic E-state index is 0.00999. The Kier molecular flexibility index (Phi) is 37.2. The molecule has 0 saturated carbocycles. The quantitative estimate of drug-likeness (QED) is 0.0153. The molecule has 0 bridgehead atoms. The standard InChI is InChI=1S/C51H94N20O15/c1-7-26(4)38(48(86)70-37(25(2)3)39(53)77)71-46(84)33(23-36(75)76)68-41(79)28(6)63-47(85)34(24-72)69-44(82)31(16-12-22-62-51(58)59)67-43(81)30(15-11-21-61-50(56)57)66-42(80)29(14-8-9-19-52)65-45(83)32(17-18-35(73)74)64-40(78)27(5)13-10-20-60-49(54)55/h25-34,37-38,72H,7-24,52H2,1-6H3,(H2,53,77)(H,63,85)(H,64,78)(H,65,83)(H,66,80)(H,67,81)(H,68,79)(H,69,82)(H,70,86)(H,71,84)(H,73,74)(H,75,76)(H4,54,55,60)(H4,56,57,61)(H4,58,59,62)/t26-,27-,28-,29-,30-,31-,32-,33-,34-,37-,38-/m0/s1. The summed E-state index contributed by atoms with van der Waals surface area (Å²) >= 11 is 0. The van der Waals surface area contributed by atoms with Crippen molar-refractivity contribution in [2.24, 2.45) is 46.4 Å². The van der Waals surface area contributed by atoms with Gasteiger partial charge in [0.15, 0.2) is 17.9 Å². The number of carboxylic acids is 2. The SMILES string of the molecule is CC[C@H](C)[C@H](NC(=O)[C@H](CC(=O)O)NC(=O)[C@H](C)NC(=O)[C@H](CO)NC(=O)[C@H](CCCNC(=N)N)NC(=O)[C@H](CCCNC(=N)N)NC(=O)[C@H](CCCCN)NC(=O)[C@H](CCC(=O)O)NC(=O)[C@@H](C)CCCNC(=N)N)C(=O)N[C@H](C(N)=O)C(C)C. The Morgan fingerprint density at radius 3 is 1.21 bits per heavy atom. The predicted molar refractivity (Wildman–Crippen MR) is 312 cm³/mol. The molecule has 0 rings (SSSR count). The minimum Gasteiger partial charge on any atom is -0.481 e. The summed E-state index contributed by atoms with van der Waals surface area (Å²) in [4.78, 5) is 159. The minimum atomic E-state index is -1.84. The van der Waals surface area contributed by atoms with Gasteiger partial charge in [0.05, 0.1) is 13.0 Å². The van der Waals surface area contributed by atoms with Gasteiger partial charge in [0.1, 0.15) is 54.4 Å². The summed E-state index contributed by atoms with van der Waals surface area (Å²) in [6.07, 6.45) is -0.698. The number of carbonyl (C=O) groups excluding carboxylic acids is 10. The summed E-state index contributed by atoms with van der Waals surface area (Å²) < 4.78 is 0. The van der Waals surface area contributed by atoms with Gasteiger partial charge in [0.25, 0.3) is 0 Å². The molecule has 0 aromatic carbocycles. The van der Waals surface area contributed by atoms with Crippen molar-refractivity contribution in [1.82, 2.24) is 63.8 Å². The van der Waals surface area contributed by atoms with E-state index in [4.69, 9.17) is 44.9 Å². The van der Waals surface area contributed by atoms with E-state index in [1.165, 1.54) is 0 Å². The summed E-state index contributed by atoms with van der Waals surface area (Å²) in [6.45, 7) is 8.61. The maximum atomic E-state index is 14.3. The third kappa shape index (κ3) is 31.9. The van der Waals surface area contributed by atoms with E-state index in [9.17, 15) is 72.9 Å². The summed E-state index contributed by atoms with van der Waals surface area (Å²) in [5.74, 6) is -15.3. The number of nitrogens with two attached hydrogens (primary N) is 5. The zero-order valence-corrected chi connectivity index (χ0v) is 49.8. The largest absolute Gasteiger partial charge is 0.481 e. The molecule has 0 aliphatic carbocycles. The summed E-state index contributed by atoms with van der Waals surface area (Å²) in [5.41, 5.74) is 27.3. The molecule has 0 saturated heterocycles. The van der Waals surface area contributed by atoms with Crippen molar-refractivity contribution in [2.75, 3.05) is 32.8 Å². The molecular weight excluding hydrogens is 1130 g/mol. The molecule has 35 nitrogen and oxygen atoms in total. The second-order valence-electron chi connectivity index (χ2n) is 20.9. The van der Waals surface area contributed by atoms with Crippen molar-refractivity contribution >= 4 is 88.9 Å². The number of rotatable bonds is 44. The number of aliphatic hydroxyl groups excluding tert-OH is 1. The highest BCUT2D eigenvalue weighted by Gasteiger charge is 2.36. The van der Waals surface area contributed by atoms with Gasteiger partial charge in [-0.05, 0) is 89.5 Å². The molecule has 11 atom stereocenters. The fourth-order valence-electron chi connectivity index (χ4n) is 8.08. The van der Waals surface area contributed by atoms with Gasteiger partial charge in [0.2, 0.25) is 59.1 Å². The molecule has 0 aliphatic rings. The highest BCUT2D eigenvalue weighted by molar-refractivity contribution is 5.99. The third-order valence-electron chi connectivity index (χ3n) is 13.3. The average molecular weight is 1230 g/mol. The van der Waals surface area contributed by atoms with Gasteiger partial charge in [-0.3, -0.25) is 73.8 Å². The van der Waals surface area contributed by atoms with E-state index < -0.39 is 175 Å². The van der Waals surface area contributed by atoms with Gasteiger partial charge in [-0.2, -0.15) is 0 Å². The molecular formula is C51H94N20O15. The number of hydrogen-bond acceptors (Lipinski definition) is 17. The zero-order chi connectivity index (χ0) is 65.8. The van der Waals surface area contributed by atoms with E-state index in [-0.39, 0.29) is 77.1 Å². The van der Waals surface area contributed by atoms with Crippen LogP contribution in [0.25, 0.3) is 0 Å². The second-order valence-corrected chi connectivity index (χ2v) is 20.9. The van der Waals surface area contributed by atoms with Gasteiger partial charge in [-0.1, -0.05) is 41.0 Å². The smallest absolute Gasteiger partial charge is 0.305 e. The highest BCUT2D eigenvalue weighted by atomic mass is 16.4. The highest BCUT2D eigenvalue weighted by Crippen LogP contribution is 2.13. The van der Waals surface area contributed by atoms with E-state index in [1.54, 1.807) is 34.6 Å². The number of nitrogens with one attached hydrogen (secondary N) is 15. The van der Waals surface area contributed by atoms with E-state index >= 15 is 0 Å². The van der Waals surface area contributed by atoms with Crippen LogP contribution < -0.4 is 92.5 Å². The molecule has 0 unspecified atom stereocenters. The first kappa shape index (κ1) is 77.4. The Morgan fingerprint density at radius 1 is 0.430 bits per heavy atom. The van der Waals surface area contributed by atoms with Crippen LogP contribution in [-0.4, -0.2) is 191 Å². The van der Waals surface area contributed by atoms with Crippen LogP contribution in [-0.2, 0) is 57.5 Å². The molecule has 0 aliphatic heterocycles. The van der Waals surface area contributed by atoms with Crippen molar-refractivity contribution in [3.63, 3.8) is 0 Å². The second kappa shape index (κ2) is 41.4. The number of guanidine groups is 3. The van der Waals surface area contributed by atoms with Crippen LogP contribution in [0.4, 0.5) is 0 Å². The molecule has 0 radical (unpaired) electrons. The van der Waals surface area contributed by atoms with Crippen molar-refractivity contribution < 1.29 is 72.9 Å². The van der Waals surface area contributed by atoms with Gasteiger partial charge in [-0.15, -0.1) is 0 Å². The van der Waals surface area contributed by atoms with Crippen molar-refractivity contribution in [3.05, 3.63) is 0 Å². The van der Waals surface area contributed by atoms with Crippen LogP contribution in [0.5, 0.6) is 0 Å². The Morgan fingerprint density at radius 2 is 0.814 bits per heavy atom. The Balaban J connectivity index is 6.80. The van der Waals surface area contributed by atoms with Crippen LogP contribution in [0.2, 0.25) is 0 Å². The maximum Gasteiger partial charge on any atom is 0.305 e. The maximum absolute atomic E-state index is 14.3. The van der Waals surface area contributed by atoms with Crippen LogP contribution >= 0.6 is 0 Å². The Hall–Kier alpha value is -8.63. The lowest BCUT2D eigenvalue weighted by molar-refractivity contribution is -0.142. The number of aliphatic hydroxyl groups is 1. The lowest BCUT2D eigenvalue weighted by Gasteiger charge is -2.29. The molecule has 35 heteroatoms. The topological polar surface area (TPSA) is 612 Å². The molecule has 0 aromatic rings. The summed E-state index contributed by atoms with van der Waals surface area (Å²) in [7, 11) is 0. The number of amides is 10. The van der Waals surface area contributed by atoms with E-state index in [2.05, 4.69) is 63.8 Å². The first-order valence-corrected chi connectivity index (χ1v) is 28.3. The number of carbonyl (C=O) groups is 12. The molecule has 86 heavy (non-hydrogen) atoms. The van der Waals surface area contributed by atoms with Gasteiger partial charge in [0, 0.05) is 32.0 Å². The molecule has 28 N–H and O–H groups in total. The van der Waals surface area contributed by atoms with E-state index in [0.717, 1.165) is 6.92 Å². The normalized spacial score (nSPS) is 14.8. The average Bonchev–Trinajstić information content (AvgIpc) is 3.54. The molecule has 0 aromatic heterocycles. The number of unbranched alkanes of at least 4 members (excludes halogenated alkanes) is 1. The Bertz CT molecular complexity index is 2330. The number of carboxylic acid groups (broad SMARTS) is 2. The van der Waals surface area contributed by atoms with Crippen molar-refractivity contribution in [2.45, 2.75) is 179 Å². The van der Waals surface area contributed by atoms with Crippen LogP contribution in [0.3, 0.4) is 0 Å². The zero-order valence-electron chi connectivity index (χ0n) is 49.8. The molecule has 0 fully saturated rings. The van der Waals surface area contributed by atoms with E-state index in [0.29, 0.717) is 25.7 Å². The van der Waals surface area contributed by atoms with Gasteiger partial charge < -0.3 is 108 Å². The lowest BCUT2D eigenvalue weighted by atomic mass is 9.96. The molecule has 488 valence electrons. The third-order valence-corrected chi connectivity index (χ3v) is 13.3. The van der Waals surface area contributed by atoms with Gasteiger partial charge in [-0.25, -0.2) is 0 Å². The predicted octanol–water partition coefficient (Wildman–Crippen LogP) is -6.56. The van der Waals surface area contributed by atoms with Crippen LogP contribution in [0.1, 0.15) is 125 Å². The first-order chi connectivity index (χ1) is 40.3. The van der Waals surface area contributed by atoms with Crippen LogP contribution in [0, 0.1) is 34.0 Å². The first-order valence-electron chi connectivity index (χ1n) is 28.3. The molecule has 0 heterocycles.